The van der Waals surface area contributed by atoms with E-state index in [1.54, 1.807) is 16.7 Å². The third kappa shape index (κ3) is 5.10. The molecule has 198 valence electrons. The lowest BCUT2D eigenvalue weighted by Crippen LogP contribution is -2.50. The Morgan fingerprint density at radius 2 is 1.34 bits per heavy atom. The van der Waals surface area contributed by atoms with E-state index in [2.05, 4.69) is 9.88 Å². The van der Waals surface area contributed by atoms with Crippen molar-refractivity contribution in [1.82, 2.24) is 19.7 Å². The number of fused-ring (bicyclic) bond motifs is 2. The maximum atomic E-state index is 13.0. The van der Waals surface area contributed by atoms with E-state index in [1.807, 2.05) is 36.4 Å². The van der Waals surface area contributed by atoms with Gasteiger partial charge >= 0.3 is 0 Å². The van der Waals surface area contributed by atoms with Crippen molar-refractivity contribution >= 4 is 11.8 Å². The van der Waals surface area contributed by atoms with Gasteiger partial charge in [-0.05, 0) is 35.4 Å². The first-order valence-electron chi connectivity index (χ1n) is 12.5. The molecule has 2 amide bonds. The monoisotopic (exact) mass is 520 g/mol. The van der Waals surface area contributed by atoms with Crippen LogP contribution in [0.25, 0.3) is 0 Å². The average Bonchev–Trinajstić information content (AvgIpc) is 3.69. The van der Waals surface area contributed by atoms with Crippen LogP contribution in [0, 0.1) is 0 Å². The van der Waals surface area contributed by atoms with E-state index in [9.17, 15) is 9.59 Å². The van der Waals surface area contributed by atoms with Gasteiger partial charge in [0.1, 0.15) is 6.26 Å². The Bertz CT molecular complexity index is 1290. The van der Waals surface area contributed by atoms with Crippen LogP contribution in [0.1, 0.15) is 34.4 Å². The van der Waals surface area contributed by atoms with Crippen molar-refractivity contribution in [2.24, 2.45) is 0 Å². The Kier molecular flexibility index (Phi) is 6.50. The maximum absolute atomic E-state index is 13.0. The number of rotatable bonds is 7. The van der Waals surface area contributed by atoms with Crippen molar-refractivity contribution in [1.29, 1.82) is 0 Å². The van der Waals surface area contributed by atoms with Crippen molar-refractivity contribution in [3.63, 3.8) is 0 Å². The highest BCUT2D eigenvalue weighted by Crippen LogP contribution is 2.34. The molecule has 3 aliphatic heterocycles. The van der Waals surface area contributed by atoms with E-state index >= 15 is 0 Å². The molecule has 0 spiro atoms. The number of carbonyl (C=O) groups excluding carboxylic acids is 2. The number of carbonyl (C=O) groups is 2. The lowest BCUT2D eigenvalue weighted by molar-refractivity contribution is -0.130. The van der Waals surface area contributed by atoms with Gasteiger partial charge in [0, 0.05) is 46.2 Å². The summed E-state index contributed by atoms with van der Waals surface area (Å²) in [6.07, 6.45) is 1.41. The summed E-state index contributed by atoms with van der Waals surface area (Å²) in [4.78, 5) is 34.7. The van der Waals surface area contributed by atoms with Crippen LogP contribution in [-0.2, 0) is 24.4 Å². The summed E-state index contributed by atoms with van der Waals surface area (Å²) >= 11 is 0. The van der Waals surface area contributed by atoms with Crippen molar-refractivity contribution in [3.8, 4) is 23.0 Å². The van der Waals surface area contributed by atoms with Crippen molar-refractivity contribution < 1.29 is 33.0 Å². The van der Waals surface area contributed by atoms with Gasteiger partial charge in [-0.3, -0.25) is 14.5 Å². The smallest absolute Gasteiger partial charge is 0.275 e. The van der Waals surface area contributed by atoms with Crippen molar-refractivity contribution in [2.75, 3.05) is 39.8 Å². The molecule has 3 aromatic rings. The second-order valence-electron chi connectivity index (χ2n) is 9.45. The number of nitrogens with zero attached hydrogens (tertiary/aromatic N) is 4. The second-order valence-corrected chi connectivity index (χ2v) is 9.45. The molecule has 3 aliphatic rings. The molecular formula is C27H28N4O7. The first-order valence-corrected chi connectivity index (χ1v) is 12.5. The summed E-state index contributed by atoms with van der Waals surface area (Å²) in [6.45, 7) is 5.52. The lowest BCUT2D eigenvalue weighted by Gasteiger charge is -2.33. The number of benzene rings is 2. The largest absolute Gasteiger partial charge is 0.454 e. The van der Waals surface area contributed by atoms with Gasteiger partial charge in [-0.2, -0.15) is 0 Å². The van der Waals surface area contributed by atoms with Gasteiger partial charge in [0.15, 0.2) is 28.7 Å². The highest BCUT2D eigenvalue weighted by atomic mass is 16.7. The number of amides is 2. The van der Waals surface area contributed by atoms with Crippen LogP contribution >= 0.6 is 0 Å². The Labute approximate surface area is 219 Å². The van der Waals surface area contributed by atoms with Gasteiger partial charge < -0.3 is 33.2 Å². The van der Waals surface area contributed by atoms with Crippen LogP contribution in [0.5, 0.6) is 23.0 Å². The highest BCUT2D eigenvalue weighted by molar-refractivity contribution is 5.92. The molecule has 1 saturated heterocycles. The molecular weight excluding hydrogens is 492 g/mol. The summed E-state index contributed by atoms with van der Waals surface area (Å²) in [5, 5.41) is 0. The third-order valence-corrected chi connectivity index (χ3v) is 6.83. The minimum absolute atomic E-state index is 0.0193. The Balaban J connectivity index is 1.17. The van der Waals surface area contributed by atoms with Gasteiger partial charge in [-0.15, -0.1) is 0 Å². The topological polar surface area (TPSA) is 107 Å². The molecule has 1 aromatic heterocycles. The third-order valence-electron chi connectivity index (χ3n) is 6.83. The number of piperazine rings is 1. The summed E-state index contributed by atoms with van der Waals surface area (Å²) in [5.74, 6) is 3.18. The first-order chi connectivity index (χ1) is 18.5. The molecule has 0 radical (unpaired) electrons. The van der Waals surface area contributed by atoms with Crippen LogP contribution in [-0.4, -0.2) is 71.3 Å². The zero-order valence-electron chi connectivity index (χ0n) is 21.1. The fourth-order valence-electron chi connectivity index (χ4n) is 4.82. The Hall–Kier alpha value is -4.25. The predicted octanol–water partition coefficient (Wildman–Crippen LogP) is 2.64. The Morgan fingerprint density at radius 1 is 0.789 bits per heavy atom. The second kappa shape index (κ2) is 10.3. The molecule has 0 aliphatic carbocycles. The predicted molar refractivity (Wildman–Crippen MR) is 133 cm³/mol. The number of ether oxygens (including phenoxy) is 4. The SMILES string of the molecule is CC(=O)N1CCN(C(=O)c2coc(CN(Cc3ccc4c(c3)OCO4)Cc3ccc4c(c3)OCO4)n2)CC1. The number of aromatic nitrogens is 1. The van der Waals surface area contributed by atoms with E-state index in [0.29, 0.717) is 51.7 Å². The molecule has 0 saturated carbocycles. The molecule has 6 rings (SSSR count). The standard InChI is InChI=1S/C27H28N4O7/c1-18(32)30-6-8-31(9-7-30)27(33)21-15-34-26(28-21)14-29(12-19-2-4-22-24(10-19)37-16-35-22)13-20-3-5-23-25(11-20)38-17-36-23/h2-5,10-11,15H,6-9,12-14,16-17H2,1H3. The van der Waals surface area contributed by atoms with Crippen LogP contribution in [0.3, 0.4) is 0 Å². The molecule has 11 nitrogen and oxygen atoms in total. The van der Waals surface area contributed by atoms with Gasteiger partial charge in [0.05, 0.1) is 6.54 Å². The van der Waals surface area contributed by atoms with E-state index in [0.717, 1.165) is 34.1 Å². The van der Waals surface area contributed by atoms with E-state index in [4.69, 9.17) is 23.4 Å². The van der Waals surface area contributed by atoms with Gasteiger partial charge in [-0.1, -0.05) is 12.1 Å². The van der Waals surface area contributed by atoms with Crippen LogP contribution in [0.4, 0.5) is 0 Å². The van der Waals surface area contributed by atoms with Gasteiger partial charge in [0.2, 0.25) is 25.4 Å². The zero-order valence-corrected chi connectivity index (χ0v) is 21.1. The summed E-state index contributed by atoms with van der Waals surface area (Å²) < 4.78 is 27.7. The highest BCUT2D eigenvalue weighted by Gasteiger charge is 2.26. The number of oxazole rings is 1. The molecule has 38 heavy (non-hydrogen) atoms. The molecule has 4 heterocycles. The van der Waals surface area contributed by atoms with Crippen molar-refractivity contribution in [2.45, 2.75) is 26.6 Å². The fraction of sp³-hybridized carbons (Fsp3) is 0.370. The van der Waals surface area contributed by atoms with Crippen LogP contribution in [0.2, 0.25) is 0 Å². The van der Waals surface area contributed by atoms with E-state index in [-0.39, 0.29) is 31.1 Å². The number of hydrogen-bond acceptors (Lipinski definition) is 9. The molecule has 0 N–H and O–H groups in total. The molecule has 0 unspecified atom stereocenters. The molecule has 0 atom stereocenters. The molecule has 2 aromatic carbocycles. The summed E-state index contributed by atoms with van der Waals surface area (Å²) in [5.41, 5.74) is 2.35. The summed E-state index contributed by atoms with van der Waals surface area (Å²) in [7, 11) is 0. The zero-order chi connectivity index (χ0) is 26.1. The molecule has 11 heteroatoms. The fourth-order valence-corrected chi connectivity index (χ4v) is 4.82. The average molecular weight is 521 g/mol. The lowest BCUT2D eigenvalue weighted by atomic mass is 10.1. The quantitative estimate of drug-likeness (QED) is 0.465. The van der Waals surface area contributed by atoms with Gasteiger partial charge in [0.25, 0.3) is 5.91 Å². The number of hydrogen-bond donors (Lipinski definition) is 0. The van der Waals surface area contributed by atoms with Crippen LogP contribution < -0.4 is 18.9 Å². The Morgan fingerprint density at radius 3 is 1.92 bits per heavy atom. The minimum Gasteiger partial charge on any atom is -0.454 e. The minimum atomic E-state index is -0.193. The van der Waals surface area contributed by atoms with Gasteiger partial charge in [-0.25, -0.2) is 4.98 Å². The van der Waals surface area contributed by atoms with Crippen molar-refractivity contribution in [3.05, 3.63) is 65.4 Å². The molecule has 0 bridgehead atoms. The van der Waals surface area contributed by atoms with Crippen LogP contribution in [0.15, 0.2) is 47.1 Å². The van der Waals surface area contributed by atoms with E-state index in [1.165, 1.54) is 6.26 Å². The first kappa shape index (κ1) is 24.1. The summed E-state index contributed by atoms with van der Waals surface area (Å²) in [6, 6.07) is 11.8. The molecule has 1 fully saturated rings. The maximum Gasteiger partial charge on any atom is 0.275 e. The van der Waals surface area contributed by atoms with E-state index < -0.39 is 0 Å². The normalized spacial score (nSPS) is 15.8.